The number of nitrogens with two attached hydrogens (primary N) is 1. The average Bonchev–Trinajstić information content (AvgIpc) is 3.09. The molecule has 0 bridgehead atoms. The molecule has 0 saturated carbocycles. The van der Waals surface area contributed by atoms with Crippen LogP contribution in [0.4, 0.5) is 4.79 Å². The number of hydrogen-bond donors (Lipinski definition) is 3. The Balaban J connectivity index is 1.70. The summed E-state index contributed by atoms with van der Waals surface area (Å²) in [4.78, 5) is 32.6. The van der Waals surface area contributed by atoms with Gasteiger partial charge in [0.2, 0.25) is 5.91 Å². The lowest BCUT2D eigenvalue weighted by Gasteiger charge is -2.22. The number of likely N-dealkylation sites (tertiary alicyclic amines) is 1. The van der Waals surface area contributed by atoms with Crippen molar-refractivity contribution in [1.29, 1.82) is 0 Å². The molecule has 1 saturated heterocycles. The lowest BCUT2D eigenvalue weighted by Crippen LogP contribution is -2.37. The number of aromatic amines is 1. The molecule has 2 aromatic rings. The molecule has 1 aliphatic rings. The molecule has 1 unspecified atom stereocenters. The van der Waals surface area contributed by atoms with Gasteiger partial charge in [-0.3, -0.25) is 15.0 Å². The average molecular weight is 315 g/mol. The van der Waals surface area contributed by atoms with Gasteiger partial charge < -0.3 is 10.7 Å². The highest BCUT2D eigenvalue weighted by atomic mass is 16.2. The first-order chi connectivity index (χ1) is 11.0. The van der Waals surface area contributed by atoms with Crippen LogP contribution < -0.4 is 11.1 Å². The standard InChI is InChI=1S/C16H21N5O2/c1-10-4-5-11-12(9-10)19-15(18-11)13-3-2-7-21(13)8-6-14(22)20-16(17)23/h4-5,9,13H,2-3,6-8H2,1H3,(H,18,19)(H3,17,20,22,23). The maximum absolute atomic E-state index is 11.6. The van der Waals surface area contributed by atoms with Gasteiger partial charge in [-0.05, 0) is 44.0 Å². The van der Waals surface area contributed by atoms with Crippen molar-refractivity contribution in [2.24, 2.45) is 5.73 Å². The van der Waals surface area contributed by atoms with Gasteiger partial charge in [0.15, 0.2) is 0 Å². The first kappa shape index (κ1) is 15.5. The number of urea groups is 1. The van der Waals surface area contributed by atoms with Crippen molar-refractivity contribution < 1.29 is 9.59 Å². The number of fused-ring (bicyclic) bond motifs is 1. The minimum atomic E-state index is -0.805. The molecule has 2 heterocycles. The third-order valence-electron chi connectivity index (χ3n) is 4.22. The first-order valence-corrected chi connectivity index (χ1v) is 7.82. The summed E-state index contributed by atoms with van der Waals surface area (Å²) in [5.41, 5.74) is 8.15. The van der Waals surface area contributed by atoms with Crippen LogP contribution in [0, 0.1) is 6.92 Å². The highest BCUT2D eigenvalue weighted by molar-refractivity contribution is 5.93. The SMILES string of the molecule is Cc1ccc2nc(C3CCCN3CCC(=O)NC(N)=O)[nH]c2c1. The predicted molar refractivity (Wildman–Crippen MR) is 86.7 cm³/mol. The predicted octanol–water partition coefficient (Wildman–Crippen LogP) is 1.59. The second-order valence-electron chi connectivity index (χ2n) is 6.00. The number of aryl methyl sites for hydroxylation is 1. The van der Waals surface area contributed by atoms with Crippen LogP contribution in [0.15, 0.2) is 18.2 Å². The topological polar surface area (TPSA) is 104 Å². The van der Waals surface area contributed by atoms with Gasteiger partial charge in [0.05, 0.1) is 17.1 Å². The minimum Gasteiger partial charge on any atom is -0.351 e. The maximum Gasteiger partial charge on any atom is 0.318 e. The van der Waals surface area contributed by atoms with E-state index in [0.29, 0.717) is 6.54 Å². The molecule has 122 valence electrons. The zero-order chi connectivity index (χ0) is 16.4. The van der Waals surface area contributed by atoms with Gasteiger partial charge in [-0.2, -0.15) is 0 Å². The van der Waals surface area contributed by atoms with E-state index in [1.165, 1.54) is 5.56 Å². The van der Waals surface area contributed by atoms with Gasteiger partial charge in [0.1, 0.15) is 5.82 Å². The summed E-state index contributed by atoms with van der Waals surface area (Å²) < 4.78 is 0. The number of nitrogens with zero attached hydrogens (tertiary/aromatic N) is 2. The Bertz CT molecular complexity index is 739. The summed E-state index contributed by atoms with van der Waals surface area (Å²) >= 11 is 0. The molecule has 0 radical (unpaired) electrons. The zero-order valence-electron chi connectivity index (χ0n) is 13.1. The summed E-state index contributed by atoms with van der Waals surface area (Å²) in [7, 11) is 0. The molecule has 1 aromatic carbocycles. The molecule has 0 aliphatic carbocycles. The largest absolute Gasteiger partial charge is 0.351 e. The molecular formula is C16H21N5O2. The molecule has 3 rings (SSSR count). The summed E-state index contributed by atoms with van der Waals surface area (Å²) in [5.74, 6) is 0.599. The van der Waals surface area contributed by atoms with Gasteiger partial charge in [0, 0.05) is 13.0 Å². The van der Waals surface area contributed by atoms with Gasteiger partial charge in [0.25, 0.3) is 0 Å². The van der Waals surface area contributed by atoms with Crippen molar-refractivity contribution in [2.75, 3.05) is 13.1 Å². The second-order valence-corrected chi connectivity index (χ2v) is 6.00. The molecule has 3 amide bonds. The molecule has 1 fully saturated rings. The number of imide groups is 1. The number of carbonyl (C=O) groups is 2. The van der Waals surface area contributed by atoms with E-state index in [4.69, 9.17) is 5.73 Å². The van der Waals surface area contributed by atoms with Gasteiger partial charge >= 0.3 is 6.03 Å². The van der Waals surface area contributed by atoms with Crippen molar-refractivity contribution in [3.63, 3.8) is 0 Å². The van der Waals surface area contributed by atoms with Crippen LogP contribution in [0.2, 0.25) is 0 Å². The molecule has 1 aliphatic heterocycles. The van der Waals surface area contributed by atoms with E-state index in [2.05, 4.69) is 33.2 Å². The van der Waals surface area contributed by atoms with E-state index in [0.717, 1.165) is 36.2 Å². The number of nitrogens with one attached hydrogen (secondary N) is 2. The quantitative estimate of drug-likeness (QED) is 0.797. The Morgan fingerprint density at radius 3 is 3.09 bits per heavy atom. The summed E-state index contributed by atoms with van der Waals surface area (Å²) in [6.45, 7) is 3.56. The van der Waals surface area contributed by atoms with Crippen LogP contribution in [0.25, 0.3) is 11.0 Å². The van der Waals surface area contributed by atoms with E-state index in [9.17, 15) is 9.59 Å². The van der Waals surface area contributed by atoms with E-state index >= 15 is 0 Å². The van der Waals surface area contributed by atoms with Crippen molar-refractivity contribution in [3.05, 3.63) is 29.6 Å². The van der Waals surface area contributed by atoms with Crippen molar-refractivity contribution in [3.8, 4) is 0 Å². The van der Waals surface area contributed by atoms with Crippen molar-refractivity contribution >= 4 is 23.0 Å². The monoisotopic (exact) mass is 315 g/mol. The Labute approximate surface area is 134 Å². The van der Waals surface area contributed by atoms with E-state index in [-0.39, 0.29) is 18.4 Å². The smallest absolute Gasteiger partial charge is 0.318 e. The highest BCUT2D eigenvalue weighted by Gasteiger charge is 2.28. The van der Waals surface area contributed by atoms with Crippen LogP contribution in [0.3, 0.4) is 0 Å². The first-order valence-electron chi connectivity index (χ1n) is 7.82. The van der Waals surface area contributed by atoms with E-state index < -0.39 is 6.03 Å². The van der Waals surface area contributed by atoms with Gasteiger partial charge in [-0.1, -0.05) is 6.07 Å². The lowest BCUT2D eigenvalue weighted by atomic mass is 10.2. The number of benzene rings is 1. The summed E-state index contributed by atoms with van der Waals surface area (Å²) in [6.07, 6.45) is 2.33. The molecule has 7 nitrogen and oxygen atoms in total. The molecule has 1 aromatic heterocycles. The normalized spacial score (nSPS) is 18.4. The fraction of sp³-hybridized carbons (Fsp3) is 0.438. The molecule has 7 heteroatoms. The second kappa shape index (κ2) is 6.37. The minimum absolute atomic E-state index is 0.184. The fourth-order valence-corrected chi connectivity index (χ4v) is 3.15. The number of rotatable bonds is 4. The van der Waals surface area contributed by atoms with Crippen LogP contribution >= 0.6 is 0 Å². The zero-order valence-corrected chi connectivity index (χ0v) is 13.1. The highest BCUT2D eigenvalue weighted by Crippen LogP contribution is 2.31. The third kappa shape index (κ3) is 3.50. The number of H-pyrrole nitrogens is 1. The number of primary amides is 1. The Hall–Kier alpha value is -2.41. The maximum atomic E-state index is 11.6. The molecule has 0 spiro atoms. The van der Waals surface area contributed by atoms with Crippen LogP contribution in [0.1, 0.15) is 36.7 Å². The molecule has 1 atom stereocenters. The Morgan fingerprint density at radius 2 is 2.30 bits per heavy atom. The van der Waals surface area contributed by atoms with Crippen molar-refractivity contribution in [1.82, 2.24) is 20.2 Å². The lowest BCUT2D eigenvalue weighted by molar-refractivity contribution is -0.120. The Kier molecular flexibility index (Phi) is 4.29. The summed E-state index contributed by atoms with van der Waals surface area (Å²) in [5, 5.41) is 2.10. The van der Waals surface area contributed by atoms with E-state index in [1.807, 2.05) is 12.1 Å². The third-order valence-corrected chi connectivity index (χ3v) is 4.22. The number of amides is 3. The van der Waals surface area contributed by atoms with E-state index in [1.54, 1.807) is 0 Å². The Morgan fingerprint density at radius 1 is 1.48 bits per heavy atom. The fourth-order valence-electron chi connectivity index (χ4n) is 3.15. The van der Waals surface area contributed by atoms with Crippen molar-refractivity contribution in [2.45, 2.75) is 32.2 Å². The molecular weight excluding hydrogens is 294 g/mol. The van der Waals surface area contributed by atoms with Gasteiger partial charge in [-0.15, -0.1) is 0 Å². The molecule has 4 N–H and O–H groups in total. The number of hydrogen-bond acceptors (Lipinski definition) is 4. The number of aromatic nitrogens is 2. The van der Waals surface area contributed by atoms with Gasteiger partial charge in [-0.25, -0.2) is 9.78 Å². The van der Waals surface area contributed by atoms with Crippen LogP contribution in [0.5, 0.6) is 0 Å². The summed E-state index contributed by atoms with van der Waals surface area (Å²) in [6, 6.07) is 5.54. The number of carbonyl (C=O) groups excluding carboxylic acids is 2. The van der Waals surface area contributed by atoms with Crippen LogP contribution in [-0.2, 0) is 4.79 Å². The number of imidazole rings is 1. The van der Waals surface area contributed by atoms with Crippen LogP contribution in [-0.4, -0.2) is 39.9 Å². The molecule has 23 heavy (non-hydrogen) atoms.